The maximum atomic E-state index is 3.67. The molecule has 0 saturated carbocycles. The average Bonchev–Trinajstić information content (AvgIpc) is 1.76. The summed E-state index contributed by atoms with van der Waals surface area (Å²) in [5, 5.41) is 0. The van der Waals surface area contributed by atoms with E-state index in [9.17, 15) is 0 Å². The van der Waals surface area contributed by atoms with Gasteiger partial charge in [-0.3, -0.25) is 0 Å². The van der Waals surface area contributed by atoms with Gasteiger partial charge in [0.1, 0.15) is 0 Å². The minimum Gasteiger partial charge on any atom is -0.351 e. The van der Waals surface area contributed by atoms with E-state index in [1.54, 1.807) is 18.7 Å². The molecule has 0 atom stereocenters. The molecule has 27 valence electrons. The Morgan fingerprint density at radius 2 is 2.33 bits per heavy atom. The van der Waals surface area contributed by atoms with Crippen molar-refractivity contribution in [2.24, 2.45) is 0 Å². The third-order valence-electron chi connectivity index (χ3n) is 0.406. The number of nitrogens with one attached hydrogen (secondary N) is 1. The van der Waals surface area contributed by atoms with Crippen LogP contribution in [0.3, 0.4) is 0 Å². The van der Waals surface area contributed by atoms with Crippen LogP contribution in [0.1, 0.15) is 0 Å². The molecule has 3 heteroatoms. The first-order valence-electron chi connectivity index (χ1n) is 1.43. The summed E-state index contributed by atoms with van der Waals surface area (Å²) in [6.45, 7) is 0. The van der Waals surface area contributed by atoms with Crippen molar-refractivity contribution >= 4 is 18.9 Å². The number of aromatic nitrogens is 2. The zero-order valence-corrected chi connectivity index (χ0v) is 3.68. The van der Waals surface area contributed by atoms with Crippen molar-refractivity contribution in [3.8, 4) is 0 Å². The average molecular weight is 75.0 g/mol. The van der Waals surface area contributed by atoms with Gasteiger partial charge in [-0.05, 0) is 0 Å². The zero-order chi connectivity index (χ0) is 3.54. The Kier molecular flexibility index (Phi) is 2.92. The monoisotopic (exact) mass is 75.1 g/mol. The quantitative estimate of drug-likeness (QED) is 0.433. The van der Waals surface area contributed by atoms with E-state index in [0.717, 1.165) is 0 Å². The molecular formula is C3H4LiN2. The molecule has 0 aliphatic carbocycles. The van der Waals surface area contributed by atoms with Crippen molar-refractivity contribution in [1.82, 2.24) is 9.97 Å². The number of imidazole rings is 1. The number of H-pyrrole nitrogens is 1. The Balaban J connectivity index is 0.000000250. The van der Waals surface area contributed by atoms with E-state index in [-0.39, 0.29) is 18.9 Å². The van der Waals surface area contributed by atoms with Gasteiger partial charge in [0, 0.05) is 31.3 Å². The van der Waals surface area contributed by atoms with Crippen molar-refractivity contribution in [2.45, 2.75) is 0 Å². The molecule has 0 spiro atoms. The number of hydrogen-bond donors (Lipinski definition) is 1. The summed E-state index contributed by atoms with van der Waals surface area (Å²) < 4.78 is 0. The largest absolute Gasteiger partial charge is 0.351 e. The van der Waals surface area contributed by atoms with E-state index in [2.05, 4.69) is 9.97 Å². The molecule has 0 aromatic carbocycles. The van der Waals surface area contributed by atoms with E-state index >= 15 is 0 Å². The van der Waals surface area contributed by atoms with Crippen LogP contribution in [-0.4, -0.2) is 28.8 Å². The smallest absolute Gasteiger partial charge is 0.0919 e. The molecular weight excluding hydrogens is 71.0 g/mol. The fourth-order valence-electron chi connectivity index (χ4n) is 0.215. The second-order valence-electron chi connectivity index (χ2n) is 0.761. The summed E-state index contributed by atoms with van der Waals surface area (Å²) in [5.74, 6) is 0. The Morgan fingerprint density at radius 3 is 2.50 bits per heavy atom. The van der Waals surface area contributed by atoms with Crippen molar-refractivity contribution in [2.75, 3.05) is 0 Å². The van der Waals surface area contributed by atoms with Crippen LogP contribution in [0.5, 0.6) is 0 Å². The first-order chi connectivity index (χ1) is 2.50. The van der Waals surface area contributed by atoms with Gasteiger partial charge in [0.25, 0.3) is 0 Å². The predicted molar refractivity (Wildman–Crippen MR) is 24.3 cm³/mol. The first kappa shape index (κ1) is 5.81. The van der Waals surface area contributed by atoms with Gasteiger partial charge in [-0.25, -0.2) is 4.98 Å². The summed E-state index contributed by atoms with van der Waals surface area (Å²) in [5.41, 5.74) is 0. The van der Waals surface area contributed by atoms with E-state index in [4.69, 9.17) is 0 Å². The van der Waals surface area contributed by atoms with E-state index in [1.165, 1.54) is 0 Å². The minimum atomic E-state index is 0. The van der Waals surface area contributed by atoms with Gasteiger partial charge in [0.05, 0.1) is 6.33 Å². The zero-order valence-electron chi connectivity index (χ0n) is 3.68. The number of aromatic amines is 1. The molecule has 0 amide bonds. The van der Waals surface area contributed by atoms with Gasteiger partial charge in [-0.2, -0.15) is 0 Å². The van der Waals surface area contributed by atoms with E-state index < -0.39 is 0 Å². The number of rotatable bonds is 0. The molecule has 1 aromatic rings. The fraction of sp³-hybridized carbons (Fsp3) is 0. The van der Waals surface area contributed by atoms with Gasteiger partial charge in [0.15, 0.2) is 0 Å². The second-order valence-corrected chi connectivity index (χ2v) is 0.761. The van der Waals surface area contributed by atoms with Crippen LogP contribution in [-0.2, 0) is 0 Å². The van der Waals surface area contributed by atoms with Crippen molar-refractivity contribution in [1.29, 1.82) is 0 Å². The summed E-state index contributed by atoms with van der Waals surface area (Å²) in [7, 11) is 0. The maximum absolute atomic E-state index is 3.67. The second kappa shape index (κ2) is 3.02. The summed E-state index contributed by atoms with van der Waals surface area (Å²) in [6.07, 6.45) is 5.08. The topological polar surface area (TPSA) is 28.7 Å². The molecule has 0 aliphatic rings. The van der Waals surface area contributed by atoms with Crippen LogP contribution in [0, 0.1) is 0 Å². The summed E-state index contributed by atoms with van der Waals surface area (Å²) >= 11 is 0. The van der Waals surface area contributed by atoms with Crippen LogP contribution in [0.15, 0.2) is 18.7 Å². The Morgan fingerprint density at radius 1 is 1.50 bits per heavy atom. The van der Waals surface area contributed by atoms with E-state index in [1.807, 2.05) is 0 Å². The van der Waals surface area contributed by atoms with Crippen LogP contribution < -0.4 is 0 Å². The SMILES string of the molecule is [Li].c1c[nH]cn1. The molecule has 0 unspecified atom stereocenters. The molecule has 0 bridgehead atoms. The molecule has 1 heterocycles. The normalized spacial score (nSPS) is 6.67. The number of nitrogens with zero attached hydrogens (tertiary/aromatic N) is 1. The van der Waals surface area contributed by atoms with Gasteiger partial charge < -0.3 is 4.98 Å². The van der Waals surface area contributed by atoms with E-state index in [0.29, 0.717) is 0 Å². The standard InChI is InChI=1S/C3H4N2.Li/c1-2-5-3-4-1;/h1-3H,(H,4,5);. The molecule has 0 fully saturated rings. The van der Waals surface area contributed by atoms with Crippen LogP contribution in [0.25, 0.3) is 0 Å². The molecule has 1 N–H and O–H groups in total. The molecule has 1 aromatic heterocycles. The van der Waals surface area contributed by atoms with Crippen molar-refractivity contribution < 1.29 is 0 Å². The van der Waals surface area contributed by atoms with Gasteiger partial charge in [-0.15, -0.1) is 0 Å². The van der Waals surface area contributed by atoms with Crippen molar-refractivity contribution in [3.05, 3.63) is 18.7 Å². The van der Waals surface area contributed by atoms with Gasteiger partial charge in [-0.1, -0.05) is 0 Å². The van der Waals surface area contributed by atoms with Crippen LogP contribution in [0.4, 0.5) is 0 Å². The fourth-order valence-corrected chi connectivity index (χ4v) is 0.215. The Labute approximate surface area is 48.2 Å². The molecule has 0 aliphatic heterocycles. The third-order valence-corrected chi connectivity index (χ3v) is 0.406. The van der Waals surface area contributed by atoms with Crippen molar-refractivity contribution in [3.63, 3.8) is 0 Å². The summed E-state index contributed by atoms with van der Waals surface area (Å²) in [6, 6.07) is 0. The molecule has 1 radical (unpaired) electrons. The first-order valence-corrected chi connectivity index (χ1v) is 1.43. The predicted octanol–water partition coefficient (Wildman–Crippen LogP) is 0.0289. The third kappa shape index (κ3) is 1.30. The van der Waals surface area contributed by atoms with Gasteiger partial charge in [0.2, 0.25) is 0 Å². The molecule has 2 nitrogen and oxygen atoms in total. The van der Waals surface area contributed by atoms with Crippen LogP contribution in [0.2, 0.25) is 0 Å². The van der Waals surface area contributed by atoms with Gasteiger partial charge >= 0.3 is 0 Å². The Hall–Kier alpha value is -0.193. The van der Waals surface area contributed by atoms with Crippen LogP contribution >= 0.6 is 0 Å². The molecule has 0 saturated heterocycles. The maximum Gasteiger partial charge on any atom is 0.0919 e. The summed E-state index contributed by atoms with van der Waals surface area (Å²) in [4.78, 5) is 6.42. The molecule has 1 rings (SSSR count). The number of hydrogen-bond acceptors (Lipinski definition) is 1. The molecule has 6 heavy (non-hydrogen) atoms. The minimum absolute atomic E-state index is 0. The Bertz CT molecular complexity index is 65.3.